The van der Waals surface area contributed by atoms with Crippen molar-refractivity contribution in [1.82, 2.24) is 9.97 Å². The fourth-order valence-electron chi connectivity index (χ4n) is 5.18. The van der Waals surface area contributed by atoms with Crippen molar-refractivity contribution in [3.63, 3.8) is 0 Å². The molecule has 1 atom stereocenters. The van der Waals surface area contributed by atoms with Gasteiger partial charge in [0.2, 0.25) is 0 Å². The molecule has 4 heteroatoms. The molecule has 6 rings (SSSR count). The number of nitriles is 1. The minimum Gasteiger partial charge on any atom is -0.457 e. The summed E-state index contributed by atoms with van der Waals surface area (Å²) in [6, 6.07) is 36.6. The third-order valence-corrected chi connectivity index (χ3v) is 7.32. The number of ether oxygens (including phenoxy) is 1. The maximum absolute atomic E-state index is 9.86. The van der Waals surface area contributed by atoms with Crippen molar-refractivity contribution in [2.45, 2.75) is 25.7 Å². The highest BCUT2D eigenvalue weighted by molar-refractivity contribution is 5.74. The first kappa shape index (κ1) is 22.7. The molecule has 0 fully saturated rings. The van der Waals surface area contributed by atoms with Gasteiger partial charge < -0.3 is 4.74 Å². The lowest BCUT2D eigenvalue weighted by atomic mass is 9.70. The molecule has 0 saturated carbocycles. The summed E-state index contributed by atoms with van der Waals surface area (Å²) in [5, 5.41) is 9.86. The Hall–Kier alpha value is -4.75. The van der Waals surface area contributed by atoms with Crippen molar-refractivity contribution in [3.05, 3.63) is 120 Å². The van der Waals surface area contributed by atoms with Gasteiger partial charge in [0.05, 0.1) is 23.0 Å². The van der Waals surface area contributed by atoms with E-state index in [4.69, 9.17) is 14.7 Å². The van der Waals surface area contributed by atoms with Crippen molar-refractivity contribution in [1.29, 1.82) is 5.26 Å². The minimum atomic E-state index is -0.372. The van der Waals surface area contributed by atoms with Crippen LogP contribution in [0.25, 0.3) is 33.9 Å². The first-order valence-corrected chi connectivity index (χ1v) is 12.5. The van der Waals surface area contributed by atoms with E-state index in [1.54, 1.807) is 0 Å². The lowest BCUT2D eigenvalue weighted by Crippen LogP contribution is -2.28. The van der Waals surface area contributed by atoms with Gasteiger partial charge in [0.15, 0.2) is 5.82 Å². The zero-order valence-electron chi connectivity index (χ0n) is 20.8. The fraction of sp³-hybridized carbons (Fsp3) is 0.121. The molecule has 0 amide bonds. The molecule has 2 heterocycles. The predicted molar refractivity (Wildman–Crippen MR) is 146 cm³/mol. The average Bonchev–Trinajstić information content (AvgIpc) is 2.97. The number of aromatic nitrogens is 2. The van der Waals surface area contributed by atoms with Crippen molar-refractivity contribution < 1.29 is 4.74 Å². The van der Waals surface area contributed by atoms with E-state index >= 15 is 0 Å². The number of nitrogens with zero attached hydrogens (tertiary/aromatic N) is 3. The Morgan fingerprint density at radius 3 is 2.08 bits per heavy atom. The lowest BCUT2D eigenvalue weighted by molar-refractivity contribution is 0.399. The van der Waals surface area contributed by atoms with Gasteiger partial charge in [-0.2, -0.15) is 5.26 Å². The number of fused-ring (bicyclic) bond motifs is 2. The van der Waals surface area contributed by atoms with Crippen molar-refractivity contribution >= 4 is 0 Å². The van der Waals surface area contributed by atoms with Crippen LogP contribution in [0.15, 0.2) is 103 Å². The molecule has 0 spiro atoms. The van der Waals surface area contributed by atoms with Crippen molar-refractivity contribution in [3.8, 4) is 51.5 Å². The SMILES string of the molecule is CCC1(C)c2cc(-c3cc(-c4ccccc4)nc(-c4ccccc4)n3)ccc2Oc2cccc(C#N)c21. The molecule has 5 aromatic rings. The summed E-state index contributed by atoms with van der Waals surface area (Å²) < 4.78 is 6.31. The Morgan fingerprint density at radius 2 is 1.41 bits per heavy atom. The van der Waals surface area contributed by atoms with E-state index in [1.165, 1.54) is 0 Å². The van der Waals surface area contributed by atoms with Crippen molar-refractivity contribution in [2.24, 2.45) is 0 Å². The predicted octanol–water partition coefficient (Wildman–Crippen LogP) is 8.17. The molecule has 1 aliphatic heterocycles. The molecule has 0 saturated heterocycles. The third-order valence-electron chi connectivity index (χ3n) is 7.32. The second kappa shape index (κ2) is 9.04. The zero-order valence-corrected chi connectivity index (χ0v) is 20.8. The van der Waals surface area contributed by atoms with Crippen LogP contribution < -0.4 is 4.74 Å². The standard InChI is InChI=1S/C33H25N3O/c1-3-33(2)26-19-24(17-18-29(26)37-30-16-10-15-25(21-34)31(30)33)28-20-27(22-11-6-4-7-12-22)35-32(36-28)23-13-8-5-9-14-23/h4-20H,3H2,1-2H3. The van der Waals surface area contributed by atoms with Gasteiger partial charge in [0.1, 0.15) is 11.5 Å². The molecule has 37 heavy (non-hydrogen) atoms. The third kappa shape index (κ3) is 3.86. The van der Waals surface area contributed by atoms with E-state index in [0.29, 0.717) is 11.4 Å². The molecule has 1 unspecified atom stereocenters. The van der Waals surface area contributed by atoms with Gasteiger partial charge in [-0.3, -0.25) is 0 Å². The van der Waals surface area contributed by atoms with Crippen LogP contribution in [0, 0.1) is 11.3 Å². The van der Waals surface area contributed by atoms with Crippen molar-refractivity contribution in [2.75, 3.05) is 0 Å². The maximum atomic E-state index is 9.86. The quantitative estimate of drug-likeness (QED) is 0.261. The van der Waals surface area contributed by atoms with Gasteiger partial charge in [-0.25, -0.2) is 9.97 Å². The largest absolute Gasteiger partial charge is 0.457 e. The lowest BCUT2D eigenvalue weighted by Gasteiger charge is -2.37. The number of rotatable bonds is 4. The summed E-state index contributed by atoms with van der Waals surface area (Å²) in [6.07, 6.45) is 0.826. The second-order valence-corrected chi connectivity index (χ2v) is 9.48. The molecule has 1 aliphatic rings. The van der Waals surface area contributed by atoms with E-state index in [2.05, 4.69) is 44.2 Å². The minimum absolute atomic E-state index is 0.372. The van der Waals surface area contributed by atoms with Crippen LogP contribution >= 0.6 is 0 Å². The molecule has 0 radical (unpaired) electrons. The summed E-state index contributed by atoms with van der Waals surface area (Å²) in [7, 11) is 0. The molecule has 0 bridgehead atoms. The van der Waals surface area contributed by atoms with Gasteiger partial charge in [-0.1, -0.05) is 80.6 Å². The number of benzene rings is 4. The topological polar surface area (TPSA) is 58.8 Å². The molecule has 4 aromatic carbocycles. The first-order valence-electron chi connectivity index (χ1n) is 12.5. The van der Waals surface area contributed by atoms with Crippen LogP contribution in [-0.4, -0.2) is 9.97 Å². The smallest absolute Gasteiger partial charge is 0.160 e. The molecular formula is C33H25N3O. The summed E-state index contributed by atoms with van der Waals surface area (Å²) in [4.78, 5) is 9.91. The highest BCUT2D eigenvalue weighted by atomic mass is 16.5. The average molecular weight is 480 g/mol. The molecule has 0 N–H and O–H groups in total. The summed E-state index contributed by atoms with van der Waals surface area (Å²) in [5.41, 5.74) is 6.98. The van der Waals surface area contributed by atoms with Crippen LogP contribution in [0.4, 0.5) is 0 Å². The van der Waals surface area contributed by atoms with Crippen LogP contribution in [0.5, 0.6) is 11.5 Å². The van der Waals surface area contributed by atoms with E-state index in [1.807, 2.05) is 78.9 Å². The Balaban J connectivity index is 1.54. The summed E-state index contributed by atoms with van der Waals surface area (Å²) in [5.74, 6) is 2.25. The van der Waals surface area contributed by atoms with Crippen LogP contribution in [0.2, 0.25) is 0 Å². The van der Waals surface area contributed by atoms with E-state index in [9.17, 15) is 5.26 Å². The highest BCUT2D eigenvalue weighted by Gasteiger charge is 2.39. The molecule has 4 nitrogen and oxygen atoms in total. The van der Waals surface area contributed by atoms with E-state index in [0.717, 1.165) is 57.1 Å². The molecule has 178 valence electrons. The number of hydrogen-bond donors (Lipinski definition) is 0. The van der Waals surface area contributed by atoms with Gasteiger partial charge in [0, 0.05) is 33.2 Å². The van der Waals surface area contributed by atoms with Gasteiger partial charge >= 0.3 is 0 Å². The van der Waals surface area contributed by atoms with Crippen LogP contribution in [-0.2, 0) is 5.41 Å². The Kier molecular flexibility index (Phi) is 5.54. The monoisotopic (exact) mass is 479 g/mol. The van der Waals surface area contributed by atoms with Gasteiger partial charge in [-0.05, 0) is 42.8 Å². The van der Waals surface area contributed by atoms with Crippen LogP contribution in [0.1, 0.15) is 37.0 Å². The summed E-state index contributed by atoms with van der Waals surface area (Å²) in [6.45, 7) is 4.36. The van der Waals surface area contributed by atoms with E-state index < -0.39 is 0 Å². The second-order valence-electron chi connectivity index (χ2n) is 9.48. The Labute approximate surface area is 216 Å². The zero-order chi connectivity index (χ0) is 25.4. The molecule has 0 aliphatic carbocycles. The van der Waals surface area contributed by atoms with Gasteiger partial charge in [0.25, 0.3) is 0 Å². The van der Waals surface area contributed by atoms with Crippen LogP contribution in [0.3, 0.4) is 0 Å². The van der Waals surface area contributed by atoms with E-state index in [-0.39, 0.29) is 5.41 Å². The normalized spacial score (nSPS) is 15.7. The maximum Gasteiger partial charge on any atom is 0.160 e. The molecular weight excluding hydrogens is 454 g/mol. The van der Waals surface area contributed by atoms with Gasteiger partial charge in [-0.15, -0.1) is 0 Å². The first-order chi connectivity index (χ1) is 18.1. The summed E-state index contributed by atoms with van der Waals surface area (Å²) >= 11 is 0. The Bertz CT molecular complexity index is 1600. The highest BCUT2D eigenvalue weighted by Crippen LogP contribution is 2.51. The Morgan fingerprint density at radius 1 is 0.730 bits per heavy atom. The number of hydrogen-bond acceptors (Lipinski definition) is 4. The fourth-order valence-corrected chi connectivity index (χ4v) is 5.18. The molecule has 1 aromatic heterocycles.